The summed E-state index contributed by atoms with van der Waals surface area (Å²) < 4.78 is 1.71. The molecule has 18 heavy (non-hydrogen) atoms. The summed E-state index contributed by atoms with van der Waals surface area (Å²) in [5.41, 5.74) is 0.896. The van der Waals surface area contributed by atoms with Crippen LogP contribution < -0.4 is 10.6 Å². The van der Waals surface area contributed by atoms with Gasteiger partial charge in [0.2, 0.25) is 5.91 Å². The topological polar surface area (TPSA) is 71.8 Å². The Labute approximate surface area is 108 Å². The van der Waals surface area contributed by atoms with Crippen LogP contribution in [0.25, 0.3) is 0 Å². The van der Waals surface area contributed by atoms with Gasteiger partial charge in [0.15, 0.2) is 0 Å². The van der Waals surface area contributed by atoms with Gasteiger partial charge >= 0.3 is 0 Å². The standard InChI is InChI=1S/C12H23N5O/c1-9(2)13-7-11-8-17(16-15-11)6-5-12(18)14-10(3)4/h8-10,13H,5-7H2,1-4H3,(H,14,18). The Morgan fingerprint density at radius 3 is 2.67 bits per heavy atom. The van der Waals surface area contributed by atoms with Crippen molar-refractivity contribution in [2.45, 2.75) is 59.3 Å². The molecule has 1 amide bonds. The zero-order chi connectivity index (χ0) is 13.5. The summed E-state index contributed by atoms with van der Waals surface area (Å²) in [6, 6.07) is 0.603. The molecule has 0 bridgehead atoms. The lowest BCUT2D eigenvalue weighted by Gasteiger charge is -2.07. The Bertz CT molecular complexity index is 372. The monoisotopic (exact) mass is 253 g/mol. The number of aromatic nitrogens is 3. The van der Waals surface area contributed by atoms with Gasteiger partial charge in [-0.2, -0.15) is 0 Å². The first kappa shape index (κ1) is 14.6. The second kappa shape index (κ2) is 7.10. The molecule has 1 heterocycles. The Hall–Kier alpha value is -1.43. The molecule has 1 aromatic rings. The molecule has 0 unspecified atom stereocenters. The molecule has 0 atom stereocenters. The van der Waals surface area contributed by atoms with Gasteiger partial charge in [0.1, 0.15) is 0 Å². The van der Waals surface area contributed by atoms with E-state index in [1.807, 2.05) is 20.0 Å². The highest BCUT2D eigenvalue weighted by atomic mass is 16.1. The summed E-state index contributed by atoms with van der Waals surface area (Å²) in [7, 11) is 0. The maximum atomic E-state index is 11.5. The van der Waals surface area contributed by atoms with Crippen LogP contribution in [0.2, 0.25) is 0 Å². The van der Waals surface area contributed by atoms with E-state index in [2.05, 4.69) is 34.8 Å². The molecule has 0 saturated carbocycles. The summed E-state index contributed by atoms with van der Waals surface area (Å²) in [6.07, 6.45) is 2.30. The van der Waals surface area contributed by atoms with Crippen LogP contribution in [0.3, 0.4) is 0 Å². The number of carbonyl (C=O) groups is 1. The third-order valence-corrected chi connectivity index (χ3v) is 2.30. The molecule has 0 aliphatic rings. The van der Waals surface area contributed by atoms with E-state index in [-0.39, 0.29) is 11.9 Å². The predicted octanol–water partition coefficient (Wildman–Crippen LogP) is 0.691. The minimum atomic E-state index is 0.0438. The number of amides is 1. The van der Waals surface area contributed by atoms with Gasteiger partial charge in [0, 0.05) is 31.2 Å². The van der Waals surface area contributed by atoms with Gasteiger partial charge in [-0.15, -0.1) is 5.10 Å². The lowest BCUT2D eigenvalue weighted by molar-refractivity contribution is -0.121. The fraction of sp³-hybridized carbons (Fsp3) is 0.750. The lowest BCUT2D eigenvalue weighted by Crippen LogP contribution is -2.30. The Kier molecular flexibility index (Phi) is 5.77. The SMILES string of the molecule is CC(C)NCc1cn(CCC(=O)NC(C)C)nn1. The number of hydrogen-bond acceptors (Lipinski definition) is 4. The molecule has 0 saturated heterocycles. The molecule has 0 aliphatic carbocycles. The van der Waals surface area contributed by atoms with Crippen molar-refractivity contribution in [1.82, 2.24) is 25.6 Å². The quantitative estimate of drug-likeness (QED) is 0.750. The van der Waals surface area contributed by atoms with E-state index in [4.69, 9.17) is 0 Å². The van der Waals surface area contributed by atoms with E-state index < -0.39 is 0 Å². The molecule has 6 heteroatoms. The first-order valence-corrected chi connectivity index (χ1v) is 6.39. The van der Waals surface area contributed by atoms with Gasteiger partial charge in [-0.3, -0.25) is 9.48 Å². The van der Waals surface area contributed by atoms with Crippen LogP contribution in [0.1, 0.15) is 39.8 Å². The van der Waals surface area contributed by atoms with Gasteiger partial charge < -0.3 is 10.6 Å². The minimum absolute atomic E-state index is 0.0438. The zero-order valence-corrected chi connectivity index (χ0v) is 11.6. The Morgan fingerprint density at radius 1 is 1.33 bits per heavy atom. The highest BCUT2D eigenvalue weighted by molar-refractivity contribution is 5.75. The fourth-order valence-electron chi connectivity index (χ4n) is 1.45. The number of hydrogen-bond donors (Lipinski definition) is 2. The third kappa shape index (κ3) is 5.77. The fourth-order valence-corrected chi connectivity index (χ4v) is 1.45. The molecule has 1 aromatic heterocycles. The maximum absolute atomic E-state index is 11.5. The average Bonchev–Trinajstić information content (AvgIpc) is 2.70. The van der Waals surface area contributed by atoms with E-state index >= 15 is 0 Å². The average molecular weight is 253 g/mol. The number of nitrogens with one attached hydrogen (secondary N) is 2. The normalized spacial score (nSPS) is 11.2. The first-order chi connectivity index (χ1) is 8.47. The van der Waals surface area contributed by atoms with Crippen molar-refractivity contribution in [3.05, 3.63) is 11.9 Å². The molecule has 0 radical (unpaired) electrons. The summed E-state index contributed by atoms with van der Waals surface area (Å²) in [5.74, 6) is 0.0438. The molecular formula is C12H23N5O. The van der Waals surface area contributed by atoms with Gasteiger partial charge in [-0.05, 0) is 13.8 Å². The van der Waals surface area contributed by atoms with Crippen molar-refractivity contribution in [2.24, 2.45) is 0 Å². The molecular weight excluding hydrogens is 230 g/mol. The second-order valence-corrected chi connectivity index (χ2v) is 4.98. The van der Waals surface area contributed by atoms with Crippen LogP contribution in [-0.2, 0) is 17.9 Å². The third-order valence-electron chi connectivity index (χ3n) is 2.30. The number of nitrogens with zero attached hydrogens (tertiary/aromatic N) is 3. The van der Waals surface area contributed by atoms with Gasteiger partial charge in [-0.25, -0.2) is 0 Å². The van der Waals surface area contributed by atoms with Crippen molar-refractivity contribution in [3.63, 3.8) is 0 Å². The number of carbonyl (C=O) groups excluding carboxylic acids is 1. The van der Waals surface area contributed by atoms with Crippen molar-refractivity contribution in [2.75, 3.05) is 0 Å². The summed E-state index contributed by atoms with van der Waals surface area (Å²) in [5, 5.41) is 14.2. The molecule has 0 spiro atoms. The van der Waals surface area contributed by atoms with Crippen LogP contribution in [0.5, 0.6) is 0 Å². The zero-order valence-electron chi connectivity index (χ0n) is 11.6. The first-order valence-electron chi connectivity index (χ1n) is 6.39. The predicted molar refractivity (Wildman–Crippen MR) is 69.9 cm³/mol. The number of rotatable bonds is 7. The maximum Gasteiger partial charge on any atom is 0.222 e. The highest BCUT2D eigenvalue weighted by Crippen LogP contribution is 1.96. The molecule has 2 N–H and O–H groups in total. The van der Waals surface area contributed by atoms with Crippen molar-refractivity contribution < 1.29 is 4.79 Å². The molecule has 0 fully saturated rings. The second-order valence-electron chi connectivity index (χ2n) is 4.98. The Morgan fingerprint density at radius 2 is 2.06 bits per heavy atom. The van der Waals surface area contributed by atoms with Crippen molar-refractivity contribution >= 4 is 5.91 Å². The van der Waals surface area contributed by atoms with E-state index in [0.29, 0.717) is 25.6 Å². The number of aryl methyl sites for hydroxylation is 1. The highest BCUT2D eigenvalue weighted by Gasteiger charge is 2.05. The molecule has 102 valence electrons. The molecule has 0 aliphatic heterocycles. The smallest absolute Gasteiger partial charge is 0.222 e. The molecule has 0 aromatic carbocycles. The minimum Gasteiger partial charge on any atom is -0.354 e. The summed E-state index contributed by atoms with van der Waals surface area (Å²) >= 11 is 0. The van der Waals surface area contributed by atoms with Crippen LogP contribution >= 0.6 is 0 Å². The molecule has 6 nitrogen and oxygen atoms in total. The summed E-state index contributed by atoms with van der Waals surface area (Å²) in [6.45, 7) is 9.33. The van der Waals surface area contributed by atoms with Gasteiger partial charge in [0.25, 0.3) is 0 Å². The van der Waals surface area contributed by atoms with Crippen LogP contribution in [0.15, 0.2) is 6.20 Å². The van der Waals surface area contributed by atoms with Crippen LogP contribution in [0, 0.1) is 0 Å². The summed E-state index contributed by atoms with van der Waals surface area (Å²) in [4.78, 5) is 11.5. The lowest BCUT2D eigenvalue weighted by atomic mass is 10.3. The Balaban J connectivity index is 2.33. The van der Waals surface area contributed by atoms with Crippen molar-refractivity contribution in [1.29, 1.82) is 0 Å². The van der Waals surface area contributed by atoms with E-state index in [9.17, 15) is 4.79 Å². The van der Waals surface area contributed by atoms with E-state index in [1.165, 1.54) is 0 Å². The van der Waals surface area contributed by atoms with Gasteiger partial charge in [-0.1, -0.05) is 19.1 Å². The van der Waals surface area contributed by atoms with Crippen LogP contribution in [-0.4, -0.2) is 33.0 Å². The molecule has 1 rings (SSSR count). The van der Waals surface area contributed by atoms with E-state index in [0.717, 1.165) is 5.69 Å². The van der Waals surface area contributed by atoms with Crippen molar-refractivity contribution in [3.8, 4) is 0 Å². The van der Waals surface area contributed by atoms with Gasteiger partial charge in [0.05, 0.1) is 12.2 Å². The van der Waals surface area contributed by atoms with E-state index in [1.54, 1.807) is 4.68 Å². The van der Waals surface area contributed by atoms with Crippen LogP contribution in [0.4, 0.5) is 0 Å². The largest absolute Gasteiger partial charge is 0.354 e.